The van der Waals surface area contributed by atoms with E-state index in [1.807, 2.05) is 0 Å². The maximum Gasteiger partial charge on any atom is 0.417 e. The number of carboxylic acids is 1. The number of halogens is 4. The second-order valence-electron chi connectivity index (χ2n) is 4.75. The lowest BCUT2D eigenvalue weighted by Gasteiger charge is -2.13. The average Bonchev–Trinajstić information content (AvgIpc) is 2.54. The summed E-state index contributed by atoms with van der Waals surface area (Å²) >= 11 is 5.79. The minimum atomic E-state index is -4.58. The summed E-state index contributed by atoms with van der Waals surface area (Å²) in [6.45, 7) is 3.02. The van der Waals surface area contributed by atoms with Crippen molar-refractivity contribution < 1.29 is 32.5 Å². The normalized spacial score (nSPS) is 11.0. The lowest BCUT2D eigenvalue weighted by atomic mass is 10.3. The fourth-order valence-electron chi connectivity index (χ4n) is 1.64. The van der Waals surface area contributed by atoms with Gasteiger partial charge in [0.1, 0.15) is 11.6 Å². The third kappa shape index (κ3) is 4.87. The molecule has 0 radical (unpaired) electrons. The molecule has 9 heteroatoms. The average molecular weight is 374 g/mol. The molecular formula is C16H11ClF3NO4. The molecule has 0 amide bonds. The van der Waals surface area contributed by atoms with E-state index in [4.69, 9.17) is 26.2 Å². The minimum Gasteiger partial charge on any atom is -0.485 e. The summed E-state index contributed by atoms with van der Waals surface area (Å²) in [6.07, 6.45) is -3.98. The quantitative estimate of drug-likeness (QED) is 0.751. The number of aliphatic carboxylic acids is 1. The fraction of sp³-hybridized carbons (Fsp3) is 0.125. The zero-order chi connectivity index (χ0) is 18.6. The van der Waals surface area contributed by atoms with Crippen LogP contribution in [0.25, 0.3) is 0 Å². The molecule has 0 aliphatic heterocycles. The van der Waals surface area contributed by atoms with Crippen LogP contribution in [-0.4, -0.2) is 22.7 Å². The molecular weight excluding hydrogens is 363 g/mol. The van der Waals surface area contributed by atoms with Gasteiger partial charge in [-0.2, -0.15) is 13.2 Å². The summed E-state index contributed by atoms with van der Waals surface area (Å²) in [7, 11) is 0. The molecule has 0 spiro atoms. The summed E-state index contributed by atoms with van der Waals surface area (Å²) in [5.41, 5.74) is -1.19. The number of para-hydroxylation sites is 2. The third-order valence-electron chi connectivity index (χ3n) is 2.89. The number of pyridine rings is 1. The molecule has 0 saturated heterocycles. The van der Waals surface area contributed by atoms with Crippen molar-refractivity contribution in [2.45, 2.75) is 6.18 Å². The highest BCUT2D eigenvalue weighted by Crippen LogP contribution is 2.37. The molecule has 1 aromatic carbocycles. The smallest absolute Gasteiger partial charge is 0.417 e. The maximum absolute atomic E-state index is 12.6. The number of hydrogen-bond donors (Lipinski definition) is 1. The standard InChI is InChI=1S/C16H11ClF3NO4/c1-9(15(22)23)8-24-12-4-2-3-5-13(12)25-14-11(17)6-10(7-21-14)16(18,19)20/h2-7H,1,8H2,(H,22,23). The van der Waals surface area contributed by atoms with E-state index in [0.717, 1.165) is 0 Å². The van der Waals surface area contributed by atoms with Gasteiger partial charge in [-0.25, -0.2) is 9.78 Å². The first-order chi connectivity index (χ1) is 11.7. The minimum absolute atomic E-state index is 0.106. The highest BCUT2D eigenvalue weighted by atomic mass is 35.5. The first-order valence-corrected chi connectivity index (χ1v) is 7.09. The molecule has 25 heavy (non-hydrogen) atoms. The first-order valence-electron chi connectivity index (χ1n) is 6.72. The summed E-state index contributed by atoms with van der Waals surface area (Å²) < 4.78 is 48.5. The van der Waals surface area contributed by atoms with Gasteiger partial charge in [-0.15, -0.1) is 0 Å². The number of rotatable bonds is 6. The molecule has 0 unspecified atom stereocenters. The molecule has 1 heterocycles. The Hall–Kier alpha value is -2.74. The van der Waals surface area contributed by atoms with Crippen molar-refractivity contribution in [2.75, 3.05) is 6.61 Å². The molecule has 0 saturated carbocycles. The number of hydrogen-bond acceptors (Lipinski definition) is 4. The van der Waals surface area contributed by atoms with Gasteiger partial charge in [-0.3, -0.25) is 0 Å². The molecule has 5 nitrogen and oxygen atoms in total. The fourth-order valence-corrected chi connectivity index (χ4v) is 1.84. The molecule has 0 fully saturated rings. The van der Waals surface area contributed by atoms with E-state index in [-0.39, 0.29) is 34.6 Å². The van der Waals surface area contributed by atoms with E-state index < -0.39 is 17.7 Å². The van der Waals surface area contributed by atoms with Gasteiger partial charge in [0.25, 0.3) is 0 Å². The third-order valence-corrected chi connectivity index (χ3v) is 3.17. The van der Waals surface area contributed by atoms with Gasteiger partial charge in [0.2, 0.25) is 5.88 Å². The zero-order valence-corrected chi connectivity index (χ0v) is 13.3. The molecule has 0 atom stereocenters. The Morgan fingerprint density at radius 1 is 1.28 bits per heavy atom. The number of alkyl halides is 3. The topological polar surface area (TPSA) is 68.7 Å². The Bertz CT molecular complexity index is 808. The molecule has 1 aromatic heterocycles. The van der Waals surface area contributed by atoms with Gasteiger partial charge in [-0.1, -0.05) is 30.3 Å². The number of ether oxygens (including phenoxy) is 2. The summed E-state index contributed by atoms with van der Waals surface area (Å²) in [6, 6.07) is 6.84. The van der Waals surface area contributed by atoms with E-state index in [1.54, 1.807) is 12.1 Å². The van der Waals surface area contributed by atoms with E-state index in [1.165, 1.54) is 12.1 Å². The number of nitrogens with zero attached hydrogens (tertiary/aromatic N) is 1. The van der Waals surface area contributed by atoms with Gasteiger partial charge < -0.3 is 14.6 Å². The predicted molar refractivity (Wildman–Crippen MR) is 83.0 cm³/mol. The number of carboxylic acid groups (broad SMARTS) is 1. The van der Waals surface area contributed by atoms with Crippen molar-refractivity contribution >= 4 is 17.6 Å². The van der Waals surface area contributed by atoms with Gasteiger partial charge in [0.05, 0.1) is 11.1 Å². The molecule has 2 aromatic rings. The monoisotopic (exact) mass is 373 g/mol. The second-order valence-corrected chi connectivity index (χ2v) is 5.16. The lowest BCUT2D eigenvalue weighted by Crippen LogP contribution is -2.09. The van der Waals surface area contributed by atoms with Crippen molar-refractivity contribution in [3.63, 3.8) is 0 Å². The van der Waals surface area contributed by atoms with E-state index >= 15 is 0 Å². The van der Waals surface area contributed by atoms with Crippen molar-refractivity contribution in [2.24, 2.45) is 0 Å². The Balaban J connectivity index is 2.21. The Morgan fingerprint density at radius 2 is 1.92 bits per heavy atom. The highest BCUT2D eigenvalue weighted by Gasteiger charge is 2.31. The zero-order valence-electron chi connectivity index (χ0n) is 12.5. The summed E-state index contributed by atoms with van der Waals surface area (Å²) in [5.74, 6) is -1.20. The van der Waals surface area contributed by atoms with Crippen LogP contribution in [0.1, 0.15) is 5.56 Å². The van der Waals surface area contributed by atoms with Gasteiger partial charge >= 0.3 is 12.1 Å². The van der Waals surface area contributed by atoms with Gasteiger partial charge in [0.15, 0.2) is 11.5 Å². The van der Waals surface area contributed by atoms with Crippen LogP contribution < -0.4 is 9.47 Å². The Kier molecular flexibility index (Phi) is 5.53. The van der Waals surface area contributed by atoms with Crippen molar-refractivity contribution in [1.82, 2.24) is 4.98 Å². The molecule has 1 N–H and O–H groups in total. The molecule has 0 aliphatic rings. The van der Waals surface area contributed by atoms with Crippen LogP contribution >= 0.6 is 11.6 Å². The second kappa shape index (κ2) is 7.43. The van der Waals surface area contributed by atoms with Crippen LogP contribution in [-0.2, 0) is 11.0 Å². The summed E-state index contributed by atoms with van der Waals surface area (Å²) in [5, 5.41) is 8.43. The van der Waals surface area contributed by atoms with E-state index in [9.17, 15) is 18.0 Å². The molecule has 0 bridgehead atoms. The Morgan fingerprint density at radius 3 is 2.48 bits per heavy atom. The van der Waals surface area contributed by atoms with Gasteiger partial charge in [-0.05, 0) is 18.2 Å². The van der Waals surface area contributed by atoms with E-state index in [2.05, 4.69) is 11.6 Å². The first kappa shape index (κ1) is 18.6. The molecule has 2 rings (SSSR count). The van der Waals surface area contributed by atoms with Crippen LogP contribution in [0.4, 0.5) is 13.2 Å². The van der Waals surface area contributed by atoms with Crippen LogP contribution in [0.5, 0.6) is 17.4 Å². The van der Waals surface area contributed by atoms with Crippen molar-refractivity contribution in [1.29, 1.82) is 0 Å². The van der Waals surface area contributed by atoms with Crippen molar-refractivity contribution in [3.05, 3.63) is 59.3 Å². The van der Waals surface area contributed by atoms with E-state index in [0.29, 0.717) is 12.3 Å². The Labute approximate surface area is 145 Å². The number of aromatic nitrogens is 1. The maximum atomic E-state index is 12.6. The largest absolute Gasteiger partial charge is 0.485 e. The highest BCUT2D eigenvalue weighted by molar-refractivity contribution is 6.31. The number of benzene rings is 1. The lowest BCUT2D eigenvalue weighted by molar-refractivity contribution is -0.138. The van der Waals surface area contributed by atoms with Crippen LogP contribution in [0.2, 0.25) is 5.02 Å². The SMILES string of the molecule is C=C(COc1ccccc1Oc1ncc(C(F)(F)F)cc1Cl)C(=O)O. The van der Waals surface area contributed by atoms with Crippen molar-refractivity contribution in [3.8, 4) is 17.4 Å². The van der Waals surface area contributed by atoms with Crippen LogP contribution in [0.15, 0.2) is 48.7 Å². The van der Waals surface area contributed by atoms with Crippen LogP contribution in [0.3, 0.4) is 0 Å². The predicted octanol–water partition coefficient (Wildman–Crippen LogP) is 4.57. The number of carbonyl (C=O) groups is 1. The van der Waals surface area contributed by atoms with Gasteiger partial charge in [0, 0.05) is 6.20 Å². The van der Waals surface area contributed by atoms with Crippen LogP contribution in [0, 0.1) is 0 Å². The summed E-state index contributed by atoms with van der Waals surface area (Å²) in [4.78, 5) is 14.3. The molecule has 132 valence electrons. The molecule has 0 aliphatic carbocycles.